The number of likely N-dealkylation sites (tertiary alicyclic amines) is 1. The van der Waals surface area contributed by atoms with Gasteiger partial charge in [0.2, 0.25) is 0 Å². The first kappa shape index (κ1) is 17.6. The first-order chi connectivity index (χ1) is 8.70. The van der Waals surface area contributed by atoms with Crippen LogP contribution in [0, 0.1) is 6.92 Å². The second-order valence-corrected chi connectivity index (χ2v) is 5.66. The Balaban J connectivity index is 0.000001000. The van der Waals surface area contributed by atoms with Crippen LogP contribution in [-0.2, 0) is 0 Å². The third-order valence-corrected chi connectivity index (χ3v) is 4.54. The zero-order valence-corrected chi connectivity index (χ0v) is 13.7. The summed E-state index contributed by atoms with van der Waals surface area (Å²) in [6.07, 6.45) is 1.20. The lowest BCUT2D eigenvalue weighted by Crippen LogP contribution is -2.45. The van der Waals surface area contributed by atoms with Crippen LogP contribution in [0.5, 0.6) is 0 Å². The lowest BCUT2D eigenvalue weighted by atomic mass is 9.88. The lowest BCUT2D eigenvalue weighted by Gasteiger charge is -2.37. The Morgan fingerprint density at radius 2 is 2.05 bits per heavy atom. The molecule has 2 heterocycles. The molecule has 5 heteroatoms. The molecular formula is C15H24Cl2N2O. The van der Waals surface area contributed by atoms with E-state index in [-0.39, 0.29) is 31.4 Å². The molecule has 1 fully saturated rings. The molecule has 0 aromatic heterocycles. The van der Waals surface area contributed by atoms with Crippen LogP contribution in [0.4, 0.5) is 5.69 Å². The summed E-state index contributed by atoms with van der Waals surface area (Å²) >= 11 is 0. The minimum absolute atomic E-state index is 0. The Morgan fingerprint density at radius 1 is 1.30 bits per heavy atom. The number of hydrogen-bond acceptors (Lipinski definition) is 3. The first-order valence-electron chi connectivity index (χ1n) is 6.87. The maximum absolute atomic E-state index is 9.10. The maximum Gasteiger partial charge on any atom is 0.0558 e. The Labute approximate surface area is 133 Å². The molecule has 3 rings (SSSR count). The summed E-state index contributed by atoms with van der Waals surface area (Å²) in [5.41, 5.74) is 4.26. The average Bonchev–Trinajstić information content (AvgIpc) is 2.63. The van der Waals surface area contributed by atoms with E-state index in [0.717, 1.165) is 19.6 Å². The number of aliphatic hydroxyl groups excluding tert-OH is 1. The number of piperidine rings is 1. The fourth-order valence-electron chi connectivity index (χ4n) is 3.59. The monoisotopic (exact) mass is 318 g/mol. The van der Waals surface area contributed by atoms with E-state index in [4.69, 9.17) is 5.11 Å². The number of likely N-dealkylation sites (N-methyl/N-ethyl adjacent to an activating group) is 1. The SMILES string of the molecule is Cc1ccc2c(c1)C1CN(CCO)CCC1N2C.Cl.Cl. The molecule has 2 atom stereocenters. The minimum Gasteiger partial charge on any atom is -0.395 e. The van der Waals surface area contributed by atoms with Crippen molar-refractivity contribution in [2.45, 2.75) is 25.3 Å². The van der Waals surface area contributed by atoms with Crippen LogP contribution in [-0.4, -0.2) is 49.3 Å². The number of halogens is 2. The van der Waals surface area contributed by atoms with Crippen LogP contribution in [0.1, 0.15) is 23.5 Å². The molecule has 1 saturated heterocycles. The number of aryl methyl sites for hydroxylation is 1. The average molecular weight is 319 g/mol. The number of aliphatic hydroxyl groups is 1. The summed E-state index contributed by atoms with van der Waals surface area (Å²) < 4.78 is 0. The third kappa shape index (κ3) is 2.91. The van der Waals surface area contributed by atoms with Crippen LogP contribution in [0.25, 0.3) is 0 Å². The number of β-amino-alcohol motifs (C(OH)–C–C–N with tert-alkyl or cyclic N) is 1. The number of benzene rings is 1. The van der Waals surface area contributed by atoms with Crippen LogP contribution in [0.3, 0.4) is 0 Å². The Bertz CT molecular complexity index is 455. The summed E-state index contributed by atoms with van der Waals surface area (Å²) in [6.45, 7) is 5.45. The van der Waals surface area contributed by atoms with Crippen molar-refractivity contribution in [1.82, 2.24) is 4.90 Å². The van der Waals surface area contributed by atoms with Gasteiger partial charge in [0.1, 0.15) is 0 Å². The first-order valence-corrected chi connectivity index (χ1v) is 6.87. The van der Waals surface area contributed by atoms with Gasteiger partial charge >= 0.3 is 0 Å². The summed E-state index contributed by atoms with van der Waals surface area (Å²) in [4.78, 5) is 4.85. The Hall–Kier alpha value is -0.480. The van der Waals surface area contributed by atoms with Gasteiger partial charge in [-0.15, -0.1) is 24.8 Å². The van der Waals surface area contributed by atoms with E-state index < -0.39 is 0 Å². The molecule has 20 heavy (non-hydrogen) atoms. The highest BCUT2D eigenvalue weighted by atomic mass is 35.5. The fourth-order valence-corrected chi connectivity index (χ4v) is 3.59. The summed E-state index contributed by atoms with van der Waals surface area (Å²) in [6, 6.07) is 7.47. The normalized spacial score (nSPS) is 24.4. The molecule has 0 radical (unpaired) electrons. The predicted molar refractivity (Wildman–Crippen MR) is 88.7 cm³/mol. The van der Waals surface area contributed by atoms with Crippen molar-refractivity contribution >= 4 is 30.5 Å². The Kier molecular flexibility index (Phi) is 6.14. The molecule has 0 amide bonds. The van der Waals surface area contributed by atoms with Crippen LogP contribution < -0.4 is 4.90 Å². The van der Waals surface area contributed by atoms with E-state index in [1.54, 1.807) is 0 Å². The molecule has 1 aromatic rings. The van der Waals surface area contributed by atoms with Gasteiger partial charge in [0.05, 0.1) is 6.61 Å². The zero-order chi connectivity index (χ0) is 12.7. The summed E-state index contributed by atoms with van der Waals surface area (Å²) in [5.74, 6) is 0.616. The van der Waals surface area contributed by atoms with Crippen molar-refractivity contribution in [3.63, 3.8) is 0 Å². The molecule has 0 bridgehead atoms. The highest BCUT2D eigenvalue weighted by Crippen LogP contribution is 2.43. The van der Waals surface area contributed by atoms with Gasteiger partial charge in [-0.25, -0.2) is 0 Å². The van der Waals surface area contributed by atoms with Gasteiger partial charge in [-0.1, -0.05) is 17.7 Å². The van der Waals surface area contributed by atoms with Gasteiger partial charge in [0.15, 0.2) is 0 Å². The van der Waals surface area contributed by atoms with E-state index in [1.807, 2.05) is 0 Å². The zero-order valence-electron chi connectivity index (χ0n) is 12.1. The maximum atomic E-state index is 9.10. The van der Waals surface area contributed by atoms with Gasteiger partial charge in [-0.3, -0.25) is 0 Å². The van der Waals surface area contributed by atoms with Gasteiger partial charge in [0.25, 0.3) is 0 Å². The van der Waals surface area contributed by atoms with E-state index >= 15 is 0 Å². The molecule has 0 spiro atoms. The number of anilines is 1. The van der Waals surface area contributed by atoms with Crippen molar-refractivity contribution in [3.8, 4) is 0 Å². The third-order valence-electron chi connectivity index (χ3n) is 4.54. The highest BCUT2D eigenvalue weighted by molar-refractivity contribution is 5.85. The van der Waals surface area contributed by atoms with E-state index in [0.29, 0.717) is 12.0 Å². The Morgan fingerprint density at radius 3 is 2.75 bits per heavy atom. The van der Waals surface area contributed by atoms with Gasteiger partial charge in [-0.05, 0) is 25.0 Å². The molecule has 0 saturated carbocycles. The summed E-state index contributed by atoms with van der Waals surface area (Å²) in [7, 11) is 2.22. The summed E-state index contributed by atoms with van der Waals surface area (Å²) in [5, 5.41) is 9.10. The number of hydrogen-bond donors (Lipinski definition) is 1. The number of nitrogens with zero attached hydrogens (tertiary/aromatic N) is 2. The van der Waals surface area contributed by atoms with E-state index in [9.17, 15) is 0 Å². The van der Waals surface area contributed by atoms with Crippen molar-refractivity contribution in [1.29, 1.82) is 0 Å². The molecule has 2 aliphatic rings. The van der Waals surface area contributed by atoms with Gasteiger partial charge in [-0.2, -0.15) is 0 Å². The minimum atomic E-state index is 0. The lowest BCUT2D eigenvalue weighted by molar-refractivity contribution is 0.154. The molecule has 2 aliphatic heterocycles. The van der Waals surface area contributed by atoms with Crippen LogP contribution >= 0.6 is 24.8 Å². The van der Waals surface area contributed by atoms with Gasteiger partial charge < -0.3 is 14.9 Å². The second kappa shape index (κ2) is 6.99. The molecule has 2 unspecified atom stereocenters. The molecule has 114 valence electrons. The number of fused-ring (bicyclic) bond motifs is 3. The quantitative estimate of drug-likeness (QED) is 0.907. The highest BCUT2D eigenvalue weighted by Gasteiger charge is 2.39. The van der Waals surface area contributed by atoms with Crippen molar-refractivity contribution in [3.05, 3.63) is 29.3 Å². The van der Waals surface area contributed by atoms with Gasteiger partial charge in [0, 0.05) is 44.3 Å². The van der Waals surface area contributed by atoms with E-state index in [1.165, 1.54) is 23.2 Å². The molecule has 0 aliphatic carbocycles. The molecule has 1 N–H and O–H groups in total. The molecule has 1 aromatic carbocycles. The fraction of sp³-hybridized carbons (Fsp3) is 0.600. The second-order valence-electron chi connectivity index (χ2n) is 5.66. The van der Waals surface area contributed by atoms with Crippen molar-refractivity contribution in [2.24, 2.45) is 0 Å². The standard InChI is InChI=1S/C15H22N2O.2ClH/c1-11-3-4-14-12(9-11)13-10-17(7-8-18)6-5-15(13)16(14)2;;/h3-4,9,13,15,18H,5-8,10H2,1-2H3;2*1H. The molecular weight excluding hydrogens is 295 g/mol. The van der Waals surface area contributed by atoms with Crippen LogP contribution in [0.2, 0.25) is 0 Å². The largest absolute Gasteiger partial charge is 0.395 e. The number of rotatable bonds is 2. The van der Waals surface area contributed by atoms with E-state index in [2.05, 4.69) is 42.0 Å². The van der Waals surface area contributed by atoms with Crippen LogP contribution in [0.15, 0.2) is 18.2 Å². The smallest absolute Gasteiger partial charge is 0.0558 e. The molecule has 3 nitrogen and oxygen atoms in total. The topological polar surface area (TPSA) is 26.7 Å². The van der Waals surface area contributed by atoms with Crippen molar-refractivity contribution in [2.75, 3.05) is 38.2 Å². The predicted octanol–water partition coefficient (Wildman–Crippen LogP) is 2.44. The van der Waals surface area contributed by atoms with Crippen molar-refractivity contribution < 1.29 is 5.11 Å².